The van der Waals surface area contributed by atoms with Crippen LogP contribution in [0.1, 0.15) is 22.8 Å². The standard InChI is InChI=1S/C11H11NO3/c1-6-4-9-10(5-8(6)7(2)13)15-11(14)12(9)3/h4-5H,1-3H3. The lowest BCUT2D eigenvalue weighted by molar-refractivity contribution is 0.101. The van der Waals surface area contributed by atoms with Crippen molar-refractivity contribution in [3.05, 3.63) is 33.8 Å². The van der Waals surface area contributed by atoms with Crippen molar-refractivity contribution in [2.24, 2.45) is 7.05 Å². The van der Waals surface area contributed by atoms with Gasteiger partial charge in [0.25, 0.3) is 0 Å². The van der Waals surface area contributed by atoms with E-state index in [1.54, 1.807) is 19.2 Å². The number of nitrogens with zero attached hydrogens (tertiary/aromatic N) is 1. The van der Waals surface area contributed by atoms with Crippen LogP contribution in [0.15, 0.2) is 21.3 Å². The van der Waals surface area contributed by atoms with Crippen molar-refractivity contribution in [2.75, 3.05) is 0 Å². The minimum Gasteiger partial charge on any atom is -0.408 e. The molecular weight excluding hydrogens is 194 g/mol. The lowest BCUT2D eigenvalue weighted by Crippen LogP contribution is -2.08. The molecule has 0 N–H and O–H groups in total. The van der Waals surface area contributed by atoms with Crippen LogP contribution in [0.25, 0.3) is 11.1 Å². The van der Waals surface area contributed by atoms with Crippen LogP contribution in [0.2, 0.25) is 0 Å². The summed E-state index contributed by atoms with van der Waals surface area (Å²) in [4.78, 5) is 22.5. The van der Waals surface area contributed by atoms with Gasteiger partial charge in [-0.3, -0.25) is 9.36 Å². The minimum atomic E-state index is -0.412. The molecule has 2 rings (SSSR count). The molecule has 0 bridgehead atoms. The first-order valence-electron chi connectivity index (χ1n) is 4.62. The molecule has 0 spiro atoms. The molecule has 0 atom stereocenters. The first kappa shape index (κ1) is 9.71. The van der Waals surface area contributed by atoms with Crippen molar-refractivity contribution in [2.45, 2.75) is 13.8 Å². The lowest BCUT2D eigenvalue weighted by Gasteiger charge is -2.01. The summed E-state index contributed by atoms with van der Waals surface area (Å²) in [5.74, 6) is -0.439. The van der Waals surface area contributed by atoms with Crippen molar-refractivity contribution in [1.29, 1.82) is 0 Å². The van der Waals surface area contributed by atoms with Gasteiger partial charge in [-0.2, -0.15) is 0 Å². The number of oxazole rings is 1. The third-order valence-corrected chi connectivity index (χ3v) is 2.52. The largest absolute Gasteiger partial charge is 0.419 e. The number of hydrogen-bond donors (Lipinski definition) is 0. The molecule has 0 unspecified atom stereocenters. The Labute approximate surface area is 86.1 Å². The van der Waals surface area contributed by atoms with Gasteiger partial charge in [-0.25, -0.2) is 4.79 Å². The van der Waals surface area contributed by atoms with Gasteiger partial charge < -0.3 is 4.42 Å². The summed E-state index contributed by atoms with van der Waals surface area (Å²) in [6.45, 7) is 3.34. The van der Waals surface area contributed by atoms with E-state index in [4.69, 9.17) is 4.42 Å². The average molecular weight is 205 g/mol. The average Bonchev–Trinajstić information content (AvgIpc) is 2.43. The molecule has 4 nitrogen and oxygen atoms in total. The lowest BCUT2D eigenvalue weighted by atomic mass is 10.1. The number of ketones is 1. The van der Waals surface area contributed by atoms with Crippen molar-refractivity contribution in [3.8, 4) is 0 Å². The molecule has 1 aromatic carbocycles. The molecule has 0 aliphatic heterocycles. The normalized spacial score (nSPS) is 10.9. The summed E-state index contributed by atoms with van der Waals surface area (Å²) in [6, 6.07) is 3.41. The van der Waals surface area contributed by atoms with Crippen LogP contribution in [0.3, 0.4) is 0 Å². The van der Waals surface area contributed by atoms with Gasteiger partial charge in [-0.1, -0.05) is 0 Å². The number of aromatic nitrogens is 1. The van der Waals surface area contributed by atoms with E-state index in [1.807, 2.05) is 6.92 Å². The SMILES string of the molecule is CC(=O)c1cc2oc(=O)n(C)c2cc1C. The van der Waals surface area contributed by atoms with Gasteiger partial charge in [0.1, 0.15) is 0 Å². The number of carbonyl (C=O) groups excluding carboxylic acids is 1. The maximum atomic E-state index is 11.3. The summed E-state index contributed by atoms with van der Waals surface area (Å²) >= 11 is 0. The van der Waals surface area contributed by atoms with Gasteiger partial charge in [0.05, 0.1) is 5.52 Å². The molecule has 4 heteroatoms. The molecule has 0 fully saturated rings. The zero-order valence-corrected chi connectivity index (χ0v) is 8.83. The number of hydrogen-bond acceptors (Lipinski definition) is 3. The van der Waals surface area contributed by atoms with E-state index >= 15 is 0 Å². The van der Waals surface area contributed by atoms with E-state index in [-0.39, 0.29) is 5.78 Å². The summed E-state index contributed by atoms with van der Waals surface area (Å²) in [7, 11) is 1.64. The van der Waals surface area contributed by atoms with E-state index in [0.29, 0.717) is 16.7 Å². The van der Waals surface area contributed by atoms with Crippen LogP contribution in [0.5, 0.6) is 0 Å². The number of fused-ring (bicyclic) bond motifs is 1. The van der Waals surface area contributed by atoms with Crippen LogP contribution < -0.4 is 5.76 Å². The van der Waals surface area contributed by atoms with Crippen molar-refractivity contribution in [3.63, 3.8) is 0 Å². The van der Waals surface area contributed by atoms with Crippen molar-refractivity contribution >= 4 is 16.9 Å². The van der Waals surface area contributed by atoms with Gasteiger partial charge in [-0.15, -0.1) is 0 Å². The zero-order chi connectivity index (χ0) is 11.2. The Bertz CT molecular complexity index is 604. The second kappa shape index (κ2) is 3.08. The summed E-state index contributed by atoms with van der Waals surface area (Å²) < 4.78 is 6.42. The molecule has 2 aromatic rings. The van der Waals surface area contributed by atoms with Gasteiger partial charge in [0.15, 0.2) is 11.4 Å². The van der Waals surface area contributed by atoms with E-state index < -0.39 is 5.76 Å². The number of Topliss-reactive ketones (excluding diaryl/α,β-unsaturated/α-hetero) is 1. The Kier molecular flexibility index (Phi) is 2.00. The highest BCUT2D eigenvalue weighted by molar-refractivity contribution is 5.98. The molecule has 0 radical (unpaired) electrons. The molecule has 1 aromatic heterocycles. The Hall–Kier alpha value is -1.84. The van der Waals surface area contributed by atoms with Crippen LogP contribution in [0, 0.1) is 6.92 Å². The smallest absolute Gasteiger partial charge is 0.408 e. The Morgan fingerprint density at radius 1 is 1.40 bits per heavy atom. The quantitative estimate of drug-likeness (QED) is 0.665. The molecule has 78 valence electrons. The first-order valence-corrected chi connectivity index (χ1v) is 4.62. The van der Waals surface area contributed by atoms with Crippen LogP contribution in [-0.4, -0.2) is 10.4 Å². The summed E-state index contributed by atoms with van der Waals surface area (Å²) in [5, 5.41) is 0. The zero-order valence-electron chi connectivity index (χ0n) is 8.83. The highest BCUT2D eigenvalue weighted by atomic mass is 16.4. The summed E-state index contributed by atoms with van der Waals surface area (Å²) in [6.07, 6.45) is 0. The highest BCUT2D eigenvalue weighted by Crippen LogP contribution is 2.18. The second-order valence-corrected chi connectivity index (χ2v) is 3.62. The van der Waals surface area contributed by atoms with Crippen molar-refractivity contribution < 1.29 is 9.21 Å². The number of carbonyl (C=O) groups is 1. The second-order valence-electron chi connectivity index (χ2n) is 3.62. The minimum absolute atomic E-state index is 0.0269. The topological polar surface area (TPSA) is 52.2 Å². The van der Waals surface area contributed by atoms with Gasteiger partial charge in [0, 0.05) is 12.6 Å². The molecule has 0 saturated heterocycles. The fraction of sp³-hybridized carbons (Fsp3) is 0.273. The van der Waals surface area contributed by atoms with Gasteiger partial charge in [0.2, 0.25) is 0 Å². The first-order chi connectivity index (χ1) is 7.00. The maximum Gasteiger partial charge on any atom is 0.419 e. The number of rotatable bonds is 1. The molecule has 0 aliphatic carbocycles. The third-order valence-electron chi connectivity index (χ3n) is 2.52. The van der Waals surface area contributed by atoms with Crippen LogP contribution in [-0.2, 0) is 7.05 Å². The number of benzene rings is 1. The molecule has 15 heavy (non-hydrogen) atoms. The Balaban J connectivity index is 2.88. The molecular formula is C11H11NO3. The predicted octanol–water partition coefficient (Wildman–Crippen LogP) is 1.64. The number of aryl methyl sites for hydroxylation is 2. The van der Waals surface area contributed by atoms with Crippen LogP contribution in [0.4, 0.5) is 0 Å². The van der Waals surface area contributed by atoms with E-state index in [1.165, 1.54) is 11.5 Å². The van der Waals surface area contributed by atoms with E-state index in [9.17, 15) is 9.59 Å². The molecule has 0 amide bonds. The predicted molar refractivity (Wildman–Crippen MR) is 56.2 cm³/mol. The molecule has 0 aliphatic rings. The van der Waals surface area contributed by atoms with Gasteiger partial charge in [-0.05, 0) is 31.5 Å². The summed E-state index contributed by atoms with van der Waals surface area (Å²) in [5.41, 5.74) is 2.61. The fourth-order valence-corrected chi connectivity index (χ4v) is 1.66. The van der Waals surface area contributed by atoms with Gasteiger partial charge >= 0.3 is 5.76 Å². The van der Waals surface area contributed by atoms with E-state index in [2.05, 4.69) is 0 Å². The maximum absolute atomic E-state index is 11.3. The van der Waals surface area contributed by atoms with E-state index in [0.717, 1.165) is 5.56 Å². The monoisotopic (exact) mass is 205 g/mol. The molecule has 0 saturated carbocycles. The fourth-order valence-electron chi connectivity index (χ4n) is 1.66. The third kappa shape index (κ3) is 1.38. The highest BCUT2D eigenvalue weighted by Gasteiger charge is 2.11. The van der Waals surface area contributed by atoms with Crippen LogP contribution >= 0.6 is 0 Å². The van der Waals surface area contributed by atoms with Crippen molar-refractivity contribution in [1.82, 2.24) is 4.57 Å². The Morgan fingerprint density at radius 2 is 2.07 bits per heavy atom. The molecule has 1 heterocycles. The Morgan fingerprint density at radius 3 is 2.67 bits per heavy atom.